The lowest BCUT2D eigenvalue weighted by Crippen LogP contribution is -2.47. The average molecular weight is 268 g/mol. The Kier molecular flexibility index (Phi) is 4.76. The van der Waals surface area contributed by atoms with E-state index in [0.717, 1.165) is 11.3 Å². The molecule has 0 aromatic heterocycles. The van der Waals surface area contributed by atoms with Crippen LogP contribution >= 0.6 is 0 Å². The SMILES string of the molecule is COc1ccc(COC2C[C@H](O)[C@H](O)[C@H](C)O2)cc1. The minimum Gasteiger partial charge on any atom is -0.497 e. The Bertz CT molecular complexity index is 379. The monoisotopic (exact) mass is 268 g/mol. The molecule has 4 atom stereocenters. The van der Waals surface area contributed by atoms with Gasteiger partial charge < -0.3 is 24.4 Å². The maximum atomic E-state index is 9.66. The van der Waals surface area contributed by atoms with Gasteiger partial charge in [-0.25, -0.2) is 0 Å². The molecule has 1 saturated heterocycles. The van der Waals surface area contributed by atoms with Gasteiger partial charge in [-0.1, -0.05) is 12.1 Å². The van der Waals surface area contributed by atoms with Crippen LogP contribution < -0.4 is 4.74 Å². The van der Waals surface area contributed by atoms with E-state index in [0.29, 0.717) is 6.61 Å². The summed E-state index contributed by atoms with van der Waals surface area (Å²) in [6, 6.07) is 7.55. The molecule has 1 fully saturated rings. The van der Waals surface area contributed by atoms with Crippen LogP contribution in [0.3, 0.4) is 0 Å². The van der Waals surface area contributed by atoms with Gasteiger partial charge in [0.15, 0.2) is 6.29 Å². The smallest absolute Gasteiger partial charge is 0.161 e. The van der Waals surface area contributed by atoms with Gasteiger partial charge in [-0.15, -0.1) is 0 Å². The van der Waals surface area contributed by atoms with Crippen LogP contribution in [0.4, 0.5) is 0 Å². The van der Waals surface area contributed by atoms with Gasteiger partial charge in [0.2, 0.25) is 0 Å². The summed E-state index contributed by atoms with van der Waals surface area (Å²) in [5, 5.41) is 19.2. The summed E-state index contributed by atoms with van der Waals surface area (Å²) in [6.07, 6.45) is -2.28. The molecule has 0 aliphatic carbocycles. The Hall–Kier alpha value is -1.14. The first-order chi connectivity index (χ1) is 9.10. The second-order valence-electron chi connectivity index (χ2n) is 4.72. The molecule has 2 N–H and O–H groups in total. The number of ether oxygens (including phenoxy) is 3. The summed E-state index contributed by atoms with van der Waals surface area (Å²) in [5.41, 5.74) is 0.998. The van der Waals surface area contributed by atoms with Crippen molar-refractivity contribution in [2.24, 2.45) is 0 Å². The molecule has 1 heterocycles. The highest BCUT2D eigenvalue weighted by atomic mass is 16.7. The molecule has 19 heavy (non-hydrogen) atoms. The minimum atomic E-state index is -0.846. The highest BCUT2D eigenvalue weighted by molar-refractivity contribution is 5.26. The van der Waals surface area contributed by atoms with Gasteiger partial charge in [-0.2, -0.15) is 0 Å². The van der Waals surface area contributed by atoms with Crippen molar-refractivity contribution in [1.29, 1.82) is 0 Å². The Morgan fingerprint density at radius 3 is 2.53 bits per heavy atom. The summed E-state index contributed by atoms with van der Waals surface area (Å²) in [7, 11) is 1.62. The molecule has 1 aliphatic heterocycles. The van der Waals surface area contributed by atoms with Gasteiger partial charge in [0.25, 0.3) is 0 Å². The molecule has 0 saturated carbocycles. The van der Waals surface area contributed by atoms with E-state index >= 15 is 0 Å². The van der Waals surface area contributed by atoms with Gasteiger partial charge in [0.05, 0.1) is 25.9 Å². The molecular formula is C14H20O5. The molecule has 0 bridgehead atoms. The molecule has 5 nitrogen and oxygen atoms in total. The zero-order chi connectivity index (χ0) is 13.8. The van der Waals surface area contributed by atoms with Crippen molar-refractivity contribution in [1.82, 2.24) is 0 Å². The molecule has 0 amide bonds. The highest BCUT2D eigenvalue weighted by Gasteiger charge is 2.34. The fraction of sp³-hybridized carbons (Fsp3) is 0.571. The molecule has 1 aliphatic rings. The Labute approximate surface area is 112 Å². The van der Waals surface area contributed by atoms with Gasteiger partial charge in [0, 0.05) is 6.42 Å². The first-order valence-corrected chi connectivity index (χ1v) is 6.36. The Balaban J connectivity index is 1.84. The molecule has 1 unspecified atom stereocenters. The topological polar surface area (TPSA) is 68.2 Å². The van der Waals surface area contributed by atoms with Crippen LogP contribution in [0.5, 0.6) is 5.75 Å². The molecule has 1 aromatic rings. The standard InChI is InChI=1S/C14H20O5/c1-9-14(16)12(15)7-13(19-9)18-8-10-3-5-11(17-2)6-4-10/h3-6,9,12-16H,7-8H2,1-2H3/t9-,12-,13?,14+/m0/s1. The van der Waals surface area contributed by atoms with Gasteiger partial charge >= 0.3 is 0 Å². The quantitative estimate of drug-likeness (QED) is 0.855. The predicted octanol–water partition coefficient (Wildman–Crippen LogP) is 1.07. The van der Waals surface area contributed by atoms with E-state index in [1.54, 1.807) is 14.0 Å². The fourth-order valence-corrected chi connectivity index (χ4v) is 2.04. The summed E-state index contributed by atoms with van der Waals surface area (Å²) in [5.74, 6) is 0.796. The number of rotatable bonds is 4. The third kappa shape index (κ3) is 3.67. The van der Waals surface area contributed by atoms with Crippen LogP contribution in [-0.4, -0.2) is 41.9 Å². The van der Waals surface area contributed by atoms with Crippen molar-refractivity contribution < 1.29 is 24.4 Å². The van der Waals surface area contributed by atoms with Gasteiger partial charge in [-0.3, -0.25) is 0 Å². The number of hydrogen-bond acceptors (Lipinski definition) is 5. The molecule has 0 spiro atoms. The number of benzene rings is 1. The van der Waals surface area contributed by atoms with Crippen molar-refractivity contribution in [2.75, 3.05) is 7.11 Å². The van der Waals surface area contributed by atoms with Crippen molar-refractivity contribution >= 4 is 0 Å². The van der Waals surface area contributed by atoms with Gasteiger partial charge in [-0.05, 0) is 24.6 Å². The number of hydrogen-bond donors (Lipinski definition) is 2. The lowest BCUT2D eigenvalue weighted by Gasteiger charge is -2.35. The third-order valence-corrected chi connectivity index (χ3v) is 3.27. The van der Waals surface area contributed by atoms with E-state index in [1.807, 2.05) is 24.3 Å². The van der Waals surface area contributed by atoms with E-state index in [9.17, 15) is 10.2 Å². The molecule has 5 heteroatoms. The van der Waals surface area contributed by atoms with Crippen molar-refractivity contribution in [3.05, 3.63) is 29.8 Å². The van der Waals surface area contributed by atoms with Crippen LogP contribution in [-0.2, 0) is 16.1 Å². The second kappa shape index (κ2) is 6.34. The largest absolute Gasteiger partial charge is 0.497 e. The summed E-state index contributed by atoms with van der Waals surface area (Å²) < 4.78 is 16.2. The van der Waals surface area contributed by atoms with E-state index in [4.69, 9.17) is 14.2 Å². The minimum absolute atomic E-state index is 0.279. The van der Waals surface area contributed by atoms with Crippen molar-refractivity contribution in [3.8, 4) is 5.75 Å². The van der Waals surface area contributed by atoms with Crippen LogP contribution in [0.1, 0.15) is 18.9 Å². The zero-order valence-corrected chi connectivity index (χ0v) is 11.2. The van der Waals surface area contributed by atoms with Crippen molar-refractivity contribution in [3.63, 3.8) is 0 Å². The lowest BCUT2D eigenvalue weighted by molar-refractivity contribution is -0.249. The summed E-state index contributed by atoms with van der Waals surface area (Å²) in [4.78, 5) is 0. The highest BCUT2D eigenvalue weighted by Crippen LogP contribution is 2.22. The van der Waals surface area contributed by atoms with E-state index < -0.39 is 24.6 Å². The van der Waals surface area contributed by atoms with Crippen LogP contribution in [0.15, 0.2) is 24.3 Å². The lowest BCUT2D eigenvalue weighted by atomic mass is 10.0. The molecule has 106 valence electrons. The molecule has 0 radical (unpaired) electrons. The van der Waals surface area contributed by atoms with Crippen LogP contribution in [0.25, 0.3) is 0 Å². The molecule has 1 aromatic carbocycles. The van der Waals surface area contributed by atoms with E-state index in [2.05, 4.69) is 0 Å². The second-order valence-corrected chi connectivity index (χ2v) is 4.72. The fourth-order valence-electron chi connectivity index (χ4n) is 2.04. The maximum absolute atomic E-state index is 9.66. The van der Waals surface area contributed by atoms with Crippen LogP contribution in [0, 0.1) is 0 Å². The van der Waals surface area contributed by atoms with E-state index in [-0.39, 0.29) is 6.42 Å². The van der Waals surface area contributed by atoms with Crippen molar-refractivity contribution in [2.45, 2.75) is 44.6 Å². The zero-order valence-electron chi connectivity index (χ0n) is 11.2. The first kappa shape index (κ1) is 14.3. The normalized spacial score (nSPS) is 31.2. The number of aliphatic hydroxyl groups is 2. The third-order valence-electron chi connectivity index (χ3n) is 3.27. The average Bonchev–Trinajstić information content (AvgIpc) is 2.43. The van der Waals surface area contributed by atoms with E-state index in [1.165, 1.54) is 0 Å². The van der Waals surface area contributed by atoms with Gasteiger partial charge in [0.1, 0.15) is 11.9 Å². The van der Waals surface area contributed by atoms with Crippen LogP contribution in [0.2, 0.25) is 0 Å². The number of aliphatic hydroxyl groups excluding tert-OH is 2. The summed E-state index contributed by atoms with van der Waals surface area (Å²) in [6.45, 7) is 2.11. The summed E-state index contributed by atoms with van der Waals surface area (Å²) >= 11 is 0. The predicted molar refractivity (Wildman–Crippen MR) is 68.7 cm³/mol. The Morgan fingerprint density at radius 2 is 1.95 bits per heavy atom. The first-order valence-electron chi connectivity index (χ1n) is 6.36. The molecular weight excluding hydrogens is 248 g/mol. The Morgan fingerprint density at radius 1 is 1.26 bits per heavy atom. The number of methoxy groups -OCH3 is 1. The maximum Gasteiger partial charge on any atom is 0.161 e. The molecule has 2 rings (SSSR count).